The van der Waals surface area contributed by atoms with Gasteiger partial charge in [0.05, 0.1) is 127 Å². The summed E-state index contributed by atoms with van der Waals surface area (Å²) in [7, 11) is 4.02. The highest BCUT2D eigenvalue weighted by molar-refractivity contribution is 6.70. The highest BCUT2D eigenvalue weighted by Gasteiger charge is 2.29. The van der Waals surface area contributed by atoms with E-state index in [2.05, 4.69) is 35.4 Å². The van der Waals surface area contributed by atoms with E-state index in [4.69, 9.17) is 149 Å². The molecular formula is C80H114Cl7N3O30. The first kappa shape index (κ1) is 116. The number of aliphatic hydroxyl groups excluding tert-OH is 2. The second-order valence-electron chi connectivity index (χ2n) is 27.3. The third-order valence-corrected chi connectivity index (χ3v) is 16.5. The van der Waals surface area contributed by atoms with Gasteiger partial charge in [-0.05, 0) is 158 Å². The number of cyclic esters (lactones) is 11. The Kier molecular flexibility index (Phi) is 60.7. The first-order chi connectivity index (χ1) is 55.3. The fourth-order valence-electron chi connectivity index (χ4n) is 9.51. The lowest BCUT2D eigenvalue weighted by Crippen LogP contribution is -2.29. The number of rotatable bonds is 10. The summed E-state index contributed by atoms with van der Waals surface area (Å²) in [6, 6.07) is 9.38. The summed E-state index contributed by atoms with van der Waals surface area (Å²) in [6.45, 7) is 29.6. The van der Waals surface area contributed by atoms with Crippen molar-refractivity contribution in [1.82, 2.24) is 9.88 Å². The molecule has 0 bridgehead atoms. The van der Waals surface area contributed by atoms with Gasteiger partial charge in [0.25, 0.3) is 5.24 Å². The lowest BCUT2D eigenvalue weighted by molar-refractivity contribution is -0.168. The number of nitrogens with zero attached hydrogens (tertiary/aromatic N) is 3. The predicted octanol–water partition coefficient (Wildman–Crippen LogP) is 13.6. The first-order valence-corrected chi connectivity index (χ1v) is 40.2. The molecule has 3 N–H and O–H groups in total. The van der Waals surface area contributed by atoms with Crippen molar-refractivity contribution in [2.45, 2.75) is 281 Å². The van der Waals surface area contributed by atoms with Crippen molar-refractivity contribution in [1.29, 1.82) is 0 Å². The number of aliphatic hydroxyl groups is 2. The average Bonchev–Trinajstić information content (AvgIpc) is 0.835. The van der Waals surface area contributed by atoms with Gasteiger partial charge in [0.2, 0.25) is 0 Å². The second kappa shape index (κ2) is 62.8. The summed E-state index contributed by atoms with van der Waals surface area (Å²) in [5.74, 6) is -10.1. The van der Waals surface area contributed by atoms with E-state index in [-0.39, 0.29) is 127 Å². The maximum atomic E-state index is 12.1. The lowest BCUT2D eigenvalue weighted by atomic mass is 10.2. The van der Waals surface area contributed by atoms with Gasteiger partial charge < -0.3 is 82.0 Å². The number of aromatic nitrogens is 1. The highest BCUT2D eigenvalue weighted by atomic mass is 35.5. The Morgan fingerprint density at radius 1 is 0.400 bits per heavy atom. The van der Waals surface area contributed by atoms with E-state index in [0.717, 1.165) is 0 Å². The molecule has 0 aliphatic carbocycles. The van der Waals surface area contributed by atoms with Gasteiger partial charge in [0.1, 0.15) is 67.1 Å². The van der Waals surface area contributed by atoms with Crippen LogP contribution in [0.25, 0.3) is 0 Å². The number of ether oxygens (including phenoxy) is 12. The molecule has 2 aliphatic heterocycles. The number of carboxylic acids is 1. The first-order valence-electron chi connectivity index (χ1n) is 37.5. The summed E-state index contributed by atoms with van der Waals surface area (Å²) in [4.78, 5) is 184. The molecule has 120 heavy (non-hydrogen) atoms. The van der Waals surface area contributed by atoms with Crippen LogP contribution in [-0.4, -0.2) is 227 Å². The second-order valence-corrected chi connectivity index (χ2v) is 30.1. The summed E-state index contributed by atoms with van der Waals surface area (Å²) in [5, 5.41) is 25.5. The van der Waals surface area contributed by atoms with Crippen LogP contribution in [0.3, 0.4) is 0 Å². The van der Waals surface area contributed by atoms with Gasteiger partial charge >= 0.3 is 83.6 Å². The van der Waals surface area contributed by atoms with Crippen molar-refractivity contribution in [3.8, 4) is 0 Å². The quantitative estimate of drug-likeness (QED) is 0.0734. The van der Waals surface area contributed by atoms with Gasteiger partial charge in [-0.2, -0.15) is 0 Å². The molecule has 2 aromatic carbocycles. The lowest BCUT2D eigenvalue weighted by Gasteiger charge is -2.20. The molecule has 5 rings (SSSR count). The van der Waals surface area contributed by atoms with E-state index in [9.17, 15) is 71.9 Å². The third-order valence-electron chi connectivity index (χ3n) is 14.7. The molecule has 2 aliphatic rings. The number of halogens is 7. The van der Waals surface area contributed by atoms with Crippen molar-refractivity contribution in [2.75, 3.05) is 38.6 Å². The number of carbonyl (C=O) groups excluding carboxylic acids is 14. The maximum Gasteiger partial charge on any atom is 0.348 e. The standard InChI is InChI=1S/C24H36O12.C20H30O10.C11H9Cl3O4.C7H2Cl4O.C7H10N2.C6H15N.C4H8O3.CH4/c1-13-7-19(25)32-15(3)9-21(27)34-17(5)11-23(29)36-18(6)12-24(30)35-16(4)10-22(28)33-14(2)8-20(26)31-13;1-11-6-16(21)27-13(3)8-18(23)29-15(5)10-20(25)30-14(4)9-19(24)28-12(2)7-17(22)26-11;1-5(15)2-9(16)18-11(17)10-7(13)3-6(12)4-8(10)14;8-3-1-4(9)6(7(11)12)5(10)2-3;1-9(2)7-3-5-8-6-4-7;1-4-7(5-2)6-3;1-3(5)2-4(6)7;/h13-18H,7-12H2,1-6H3;11-15H,6-10H2,1-5H3;3-5,15H,2H2,1H3;1-2H;3-6H,1-2H3;4-6H2,1-3H3;3,5H,2H2,1H3,(H,6,7);1H4/t13-,14-,15-,16-,17-,18-;11-,12-,13-,14-,15-;5-;;;;3-;/m111...1./s1. The molecule has 2 saturated heterocycles. The largest absolute Gasteiger partial charge is 0.481 e. The maximum absolute atomic E-state index is 12.1. The Balaban J connectivity index is -0.00000145. The topological polar surface area (TPSA) is 447 Å². The molecule has 13 atom stereocenters. The number of carbonyl (C=O) groups is 15. The van der Waals surface area contributed by atoms with Gasteiger partial charge in [-0.25, -0.2) is 4.79 Å². The summed E-state index contributed by atoms with van der Waals surface area (Å²) >= 11 is 39.4. The van der Waals surface area contributed by atoms with Crippen molar-refractivity contribution in [3.05, 3.63) is 90.1 Å². The summed E-state index contributed by atoms with van der Waals surface area (Å²) < 4.78 is 61.0. The van der Waals surface area contributed by atoms with E-state index in [1.807, 2.05) is 31.1 Å². The molecule has 0 saturated carbocycles. The Morgan fingerprint density at radius 3 is 0.742 bits per heavy atom. The van der Waals surface area contributed by atoms with Crippen LogP contribution in [0.1, 0.15) is 222 Å². The predicted molar refractivity (Wildman–Crippen MR) is 444 cm³/mol. The Morgan fingerprint density at radius 2 is 0.600 bits per heavy atom. The minimum atomic E-state index is -0.979. The van der Waals surface area contributed by atoms with Crippen molar-refractivity contribution in [3.63, 3.8) is 0 Å². The molecule has 2 fully saturated rings. The van der Waals surface area contributed by atoms with Gasteiger partial charge in [0.15, 0.2) is 0 Å². The van der Waals surface area contributed by atoms with E-state index in [1.54, 1.807) is 12.4 Å². The number of esters is 13. The van der Waals surface area contributed by atoms with Crippen LogP contribution in [0.4, 0.5) is 5.69 Å². The number of pyridine rings is 1. The smallest absolute Gasteiger partial charge is 0.348 e. The molecule has 678 valence electrons. The molecule has 0 amide bonds. The number of aliphatic carboxylic acids is 1. The van der Waals surface area contributed by atoms with E-state index in [1.165, 1.54) is 140 Å². The fourth-order valence-corrected chi connectivity index (χ4v) is 11.8. The van der Waals surface area contributed by atoms with Gasteiger partial charge in [-0.1, -0.05) is 97.8 Å². The number of hydrogen-bond acceptors (Lipinski definition) is 32. The number of hydrogen-bond donors (Lipinski definition) is 3. The Bertz CT molecular complexity index is 3320. The number of carboxylic acid groups (broad SMARTS) is 1. The normalized spacial score (nSPS) is 22.2. The molecule has 40 heteroatoms. The Labute approximate surface area is 735 Å². The van der Waals surface area contributed by atoms with E-state index >= 15 is 0 Å². The zero-order valence-electron chi connectivity index (χ0n) is 69.8. The number of anilines is 1. The van der Waals surface area contributed by atoms with E-state index in [0.29, 0.717) is 5.02 Å². The molecule has 0 radical (unpaired) electrons. The Hall–Kier alpha value is -8.25. The van der Waals surface area contributed by atoms with Crippen LogP contribution in [0.5, 0.6) is 0 Å². The minimum absolute atomic E-state index is 0. The molecule has 1 aromatic heterocycles. The minimum Gasteiger partial charge on any atom is -0.481 e. The van der Waals surface area contributed by atoms with Gasteiger partial charge in [-0.3, -0.25) is 72.1 Å². The summed E-state index contributed by atoms with van der Waals surface area (Å²) in [6.07, 6.45) is -9.63. The van der Waals surface area contributed by atoms with Crippen LogP contribution < -0.4 is 4.90 Å². The molecule has 33 nitrogen and oxygen atoms in total. The zero-order valence-corrected chi connectivity index (χ0v) is 75.1. The average molecular weight is 1850 g/mol. The van der Waals surface area contributed by atoms with Crippen LogP contribution in [0, 0.1) is 0 Å². The van der Waals surface area contributed by atoms with Crippen molar-refractivity contribution in [2.24, 2.45) is 0 Å². The van der Waals surface area contributed by atoms with Gasteiger partial charge in [0, 0.05) is 42.2 Å². The molecule has 0 spiro atoms. The van der Waals surface area contributed by atoms with Crippen LogP contribution >= 0.6 is 81.2 Å². The molecule has 3 aromatic rings. The molecule has 0 unspecified atom stereocenters. The molecular weight excluding hydrogens is 1730 g/mol. The van der Waals surface area contributed by atoms with Crippen LogP contribution in [0.15, 0.2) is 48.8 Å². The van der Waals surface area contributed by atoms with Gasteiger partial charge in [-0.15, -0.1) is 0 Å². The SMILES string of the molecule is C.CCN(CC)CC.CN(C)c1ccncc1.C[C@@H](O)CC(=O)O.C[C@@H](O)CC(=O)OC(=O)c1c(Cl)cc(Cl)cc1Cl.C[C@@H]1CC(=O)O[C@H](C)CC(=O)O[C@H](C)CC(=O)O[C@H](C)CC(=O)O[C@H](C)CC(=O)O1.C[C@@H]1CC(=O)O[C@H](C)CC(=O)O[C@H](C)CC(=O)O[C@H](C)CC(=O)O[C@H](C)CC(=O)O[C@H](C)CC(=O)O1.O=C(Cl)c1c(Cl)cc(Cl)cc1Cl. The monoisotopic (exact) mass is 1840 g/mol. The van der Waals surface area contributed by atoms with E-state index < -0.39 is 168 Å². The van der Waals surface area contributed by atoms with Crippen LogP contribution in [0.2, 0.25) is 30.1 Å². The highest BCUT2D eigenvalue weighted by Crippen LogP contribution is 2.31. The summed E-state index contributed by atoms with van der Waals surface area (Å²) in [5.41, 5.74) is 1.14. The molecule has 3 heterocycles. The fraction of sp³-hybridized carbons (Fsp3) is 0.600. The van der Waals surface area contributed by atoms with Crippen molar-refractivity contribution < 1.29 is 144 Å². The van der Waals surface area contributed by atoms with Crippen molar-refractivity contribution >= 4 is 176 Å². The zero-order chi connectivity index (χ0) is 91.7. The number of benzene rings is 2. The van der Waals surface area contributed by atoms with Crippen LogP contribution in [-0.2, 0) is 119 Å². The third kappa shape index (κ3) is 57.9.